The molecular weight excluding hydrogens is 448 g/mol. The van der Waals surface area contributed by atoms with E-state index in [-0.39, 0.29) is 11.8 Å². The summed E-state index contributed by atoms with van der Waals surface area (Å²) in [5.74, 6) is 0.625. The lowest BCUT2D eigenvalue weighted by Crippen LogP contribution is -2.50. The highest BCUT2D eigenvalue weighted by molar-refractivity contribution is 7.09. The molecular formula is C26H28N4O3S. The van der Waals surface area contributed by atoms with Gasteiger partial charge in [0, 0.05) is 48.9 Å². The maximum absolute atomic E-state index is 12.7. The first-order valence-electron chi connectivity index (χ1n) is 11.2. The molecule has 0 unspecified atom stereocenters. The molecule has 0 aliphatic carbocycles. The third kappa shape index (κ3) is 6.76. The fourth-order valence-electron chi connectivity index (χ4n) is 3.69. The molecule has 0 radical (unpaired) electrons. The van der Waals surface area contributed by atoms with Crippen molar-refractivity contribution in [1.82, 2.24) is 14.8 Å². The summed E-state index contributed by atoms with van der Waals surface area (Å²) < 4.78 is 5.93. The van der Waals surface area contributed by atoms with Crippen LogP contribution in [0.4, 0.5) is 5.69 Å². The van der Waals surface area contributed by atoms with Gasteiger partial charge in [-0.15, -0.1) is 11.3 Å². The van der Waals surface area contributed by atoms with Crippen molar-refractivity contribution in [2.75, 3.05) is 38.0 Å². The number of thiazole rings is 1. The number of nitrogens with zero attached hydrogens (tertiary/aromatic N) is 3. The molecule has 1 N–H and O–H groups in total. The van der Waals surface area contributed by atoms with Gasteiger partial charge in [-0.1, -0.05) is 36.4 Å². The summed E-state index contributed by atoms with van der Waals surface area (Å²) in [6, 6.07) is 17.1. The number of para-hydroxylation sites is 2. The minimum Gasteiger partial charge on any atom is -0.487 e. The van der Waals surface area contributed by atoms with Crippen LogP contribution in [-0.2, 0) is 16.2 Å². The van der Waals surface area contributed by atoms with Gasteiger partial charge in [-0.25, -0.2) is 4.98 Å². The first kappa shape index (κ1) is 23.7. The molecule has 8 heteroatoms. The van der Waals surface area contributed by atoms with Crippen LogP contribution in [0, 0.1) is 6.92 Å². The van der Waals surface area contributed by atoms with E-state index in [2.05, 4.69) is 15.2 Å². The number of aryl methyl sites for hydroxylation is 1. The number of aromatic nitrogens is 1. The summed E-state index contributed by atoms with van der Waals surface area (Å²) >= 11 is 1.60. The summed E-state index contributed by atoms with van der Waals surface area (Å²) in [4.78, 5) is 33.3. The number of carbonyl (C=O) groups excluding carboxylic acids is 2. The Hall–Kier alpha value is -3.49. The van der Waals surface area contributed by atoms with Crippen LogP contribution in [0.2, 0.25) is 0 Å². The average molecular weight is 477 g/mol. The van der Waals surface area contributed by atoms with Crippen molar-refractivity contribution < 1.29 is 14.3 Å². The topological polar surface area (TPSA) is 74.8 Å². The lowest BCUT2D eigenvalue weighted by atomic mass is 10.2. The maximum Gasteiger partial charge on any atom is 0.246 e. The second-order valence-corrected chi connectivity index (χ2v) is 9.10. The highest BCUT2D eigenvalue weighted by Crippen LogP contribution is 2.21. The third-order valence-electron chi connectivity index (χ3n) is 5.48. The van der Waals surface area contributed by atoms with E-state index in [1.165, 1.54) is 0 Å². The van der Waals surface area contributed by atoms with E-state index in [1.807, 2.05) is 71.8 Å². The van der Waals surface area contributed by atoms with Crippen LogP contribution < -0.4 is 10.1 Å². The SMILES string of the molecule is Cc1nc(COc2ccccc2/C=C/C(=O)N2CCN(CC(=O)Nc3ccccc3)CC2)cs1. The van der Waals surface area contributed by atoms with Crippen molar-refractivity contribution in [3.8, 4) is 5.75 Å². The van der Waals surface area contributed by atoms with Crippen LogP contribution >= 0.6 is 11.3 Å². The van der Waals surface area contributed by atoms with Crippen LogP contribution in [-0.4, -0.2) is 59.3 Å². The van der Waals surface area contributed by atoms with Gasteiger partial charge in [-0.2, -0.15) is 0 Å². The smallest absolute Gasteiger partial charge is 0.246 e. The van der Waals surface area contributed by atoms with Crippen molar-refractivity contribution in [2.45, 2.75) is 13.5 Å². The zero-order chi connectivity index (χ0) is 23.8. The molecule has 2 heterocycles. The zero-order valence-electron chi connectivity index (χ0n) is 19.1. The quantitative estimate of drug-likeness (QED) is 0.500. The second-order valence-electron chi connectivity index (χ2n) is 8.03. The molecule has 4 rings (SSSR count). The molecule has 34 heavy (non-hydrogen) atoms. The van der Waals surface area contributed by atoms with Gasteiger partial charge in [-0.05, 0) is 31.2 Å². The van der Waals surface area contributed by atoms with Crippen molar-refractivity contribution in [3.63, 3.8) is 0 Å². The number of hydrogen-bond donors (Lipinski definition) is 1. The molecule has 2 aromatic carbocycles. The standard InChI is InChI=1S/C26H28N4O3S/c1-20-27-23(19-34-20)18-33-24-10-6-5-7-21(24)11-12-26(32)30-15-13-29(14-16-30)17-25(31)28-22-8-3-2-4-9-22/h2-12,19H,13-18H2,1H3,(H,28,31)/b12-11+. The molecule has 0 spiro atoms. The molecule has 0 atom stereocenters. The van der Waals surface area contributed by atoms with Gasteiger partial charge in [0.1, 0.15) is 12.4 Å². The minimum atomic E-state index is -0.0460. The number of rotatable bonds is 8. The fourth-order valence-corrected chi connectivity index (χ4v) is 4.29. The van der Waals surface area contributed by atoms with Crippen molar-refractivity contribution in [1.29, 1.82) is 0 Å². The monoisotopic (exact) mass is 476 g/mol. The van der Waals surface area contributed by atoms with Gasteiger partial charge in [-0.3, -0.25) is 14.5 Å². The van der Waals surface area contributed by atoms with Crippen LogP contribution in [0.1, 0.15) is 16.3 Å². The zero-order valence-corrected chi connectivity index (χ0v) is 20.0. The molecule has 3 aromatic rings. The van der Waals surface area contributed by atoms with Gasteiger partial charge in [0.05, 0.1) is 17.2 Å². The normalized spacial score (nSPS) is 14.3. The summed E-state index contributed by atoms with van der Waals surface area (Å²) in [6.45, 7) is 5.17. The molecule has 7 nitrogen and oxygen atoms in total. The van der Waals surface area contributed by atoms with Crippen molar-refractivity contribution in [3.05, 3.63) is 82.3 Å². The number of amides is 2. The molecule has 1 aliphatic rings. The fraction of sp³-hybridized carbons (Fsp3) is 0.269. The average Bonchev–Trinajstić information content (AvgIpc) is 3.27. The second kappa shape index (κ2) is 11.6. The third-order valence-corrected chi connectivity index (χ3v) is 6.30. The highest BCUT2D eigenvalue weighted by Gasteiger charge is 2.21. The first-order chi connectivity index (χ1) is 16.6. The van der Waals surface area contributed by atoms with Gasteiger partial charge in [0.15, 0.2) is 0 Å². The Morgan fingerprint density at radius 3 is 2.53 bits per heavy atom. The molecule has 0 bridgehead atoms. The van der Waals surface area contributed by atoms with E-state index >= 15 is 0 Å². The summed E-state index contributed by atoms with van der Waals surface area (Å²) in [5, 5.41) is 5.90. The van der Waals surface area contributed by atoms with Gasteiger partial charge in [0.2, 0.25) is 11.8 Å². The Morgan fingerprint density at radius 1 is 1.06 bits per heavy atom. The highest BCUT2D eigenvalue weighted by atomic mass is 32.1. The van der Waals surface area contributed by atoms with E-state index in [1.54, 1.807) is 23.5 Å². The number of carbonyl (C=O) groups is 2. The number of nitrogens with one attached hydrogen (secondary N) is 1. The Morgan fingerprint density at radius 2 is 1.79 bits per heavy atom. The summed E-state index contributed by atoms with van der Waals surface area (Å²) in [7, 11) is 0. The number of anilines is 1. The predicted octanol–water partition coefficient (Wildman–Crippen LogP) is 3.83. The van der Waals surface area contributed by atoms with Crippen molar-refractivity contribution >= 4 is 34.9 Å². The molecule has 176 valence electrons. The van der Waals surface area contributed by atoms with Crippen LogP contribution in [0.3, 0.4) is 0 Å². The predicted molar refractivity (Wildman–Crippen MR) is 135 cm³/mol. The number of benzene rings is 2. The van der Waals surface area contributed by atoms with E-state index in [0.717, 1.165) is 22.0 Å². The van der Waals surface area contributed by atoms with E-state index in [4.69, 9.17) is 4.74 Å². The first-order valence-corrected chi connectivity index (χ1v) is 12.1. The van der Waals surface area contributed by atoms with Gasteiger partial charge in [0.25, 0.3) is 0 Å². The lowest BCUT2D eigenvalue weighted by molar-refractivity contribution is -0.127. The minimum absolute atomic E-state index is 0.0432. The Labute approximate surface area is 203 Å². The lowest BCUT2D eigenvalue weighted by Gasteiger charge is -2.33. The Bertz CT molecular complexity index is 1140. The largest absolute Gasteiger partial charge is 0.487 e. The molecule has 1 saturated heterocycles. The molecule has 0 saturated carbocycles. The van der Waals surface area contributed by atoms with Crippen molar-refractivity contribution in [2.24, 2.45) is 0 Å². The van der Waals surface area contributed by atoms with Crippen LogP contribution in [0.15, 0.2) is 66.1 Å². The van der Waals surface area contributed by atoms with Gasteiger partial charge >= 0.3 is 0 Å². The van der Waals surface area contributed by atoms with Crippen LogP contribution in [0.25, 0.3) is 6.08 Å². The van der Waals surface area contributed by atoms with E-state index in [9.17, 15) is 9.59 Å². The van der Waals surface area contributed by atoms with E-state index in [0.29, 0.717) is 45.1 Å². The Kier molecular flexibility index (Phi) is 8.06. The van der Waals surface area contributed by atoms with Crippen LogP contribution in [0.5, 0.6) is 5.75 Å². The molecule has 1 aliphatic heterocycles. The molecule has 2 amide bonds. The molecule has 1 fully saturated rings. The molecule has 1 aromatic heterocycles. The Balaban J connectivity index is 1.25. The number of ether oxygens (including phenoxy) is 1. The van der Waals surface area contributed by atoms with E-state index < -0.39 is 0 Å². The summed E-state index contributed by atoms with van der Waals surface area (Å²) in [5.41, 5.74) is 2.53. The summed E-state index contributed by atoms with van der Waals surface area (Å²) in [6.07, 6.45) is 3.39. The maximum atomic E-state index is 12.7. The number of piperazine rings is 1. The number of hydrogen-bond acceptors (Lipinski definition) is 6. The van der Waals surface area contributed by atoms with Gasteiger partial charge < -0.3 is 15.0 Å².